The third-order valence-electron chi connectivity index (χ3n) is 2.03. The topological polar surface area (TPSA) is 0 Å². The first-order valence-electron chi connectivity index (χ1n) is 6.06. The summed E-state index contributed by atoms with van der Waals surface area (Å²) in [6, 6.07) is 0. The maximum atomic E-state index is 2.33. The molecule has 0 aliphatic rings. The maximum Gasteiger partial charge on any atom is -0.0383 e. The van der Waals surface area contributed by atoms with E-state index in [0.29, 0.717) is 5.41 Å². The summed E-state index contributed by atoms with van der Waals surface area (Å²) in [5.41, 5.74) is 0.548. The summed E-state index contributed by atoms with van der Waals surface area (Å²) in [5, 5.41) is 0. The Morgan fingerprint density at radius 2 is 1.23 bits per heavy atom. The van der Waals surface area contributed by atoms with Crippen molar-refractivity contribution < 1.29 is 0 Å². The predicted octanol–water partition coefficient (Wildman–Crippen LogP) is 5.42. The largest absolute Gasteiger partial charge is 0.0683 e. The second kappa shape index (κ2) is 10.1. The molecule has 0 aromatic carbocycles. The van der Waals surface area contributed by atoms with Gasteiger partial charge in [-0.25, -0.2) is 0 Å². The van der Waals surface area contributed by atoms with E-state index < -0.39 is 0 Å². The van der Waals surface area contributed by atoms with Gasteiger partial charge in [0.1, 0.15) is 0 Å². The second-order valence-corrected chi connectivity index (χ2v) is 4.72. The average Bonchev–Trinajstić information content (AvgIpc) is 2.06. The van der Waals surface area contributed by atoms with E-state index in [4.69, 9.17) is 0 Å². The van der Waals surface area contributed by atoms with E-state index in [1.54, 1.807) is 0 Å². The van der Waals surface area contributed by atoms with Gasteiger partial charge in [0.2, 0.25) is 0 Å². The number of unbranched alkanes of at least 4 members (excludes halogenated alkanes) is 4. The van der Waals surface area contributed by atoms with Crippen molar-refractivity contribution in [2.24, 2.45) is 5.41 Å². The molecule has 0 atom stereocenters. The smallest absolute Gasteiger partial charge is 0.0383 e. The zero-order chi connectivity index (χ0) is 10.7. The van der Waals surface area contributed by atoms with Gasteiger partial charge in [0.15, 0.2) is 0 Å². The monoisotopic (exact) mass is 186 g/mol. The molecule has 0 aromatic rings. The average molecular weight is 186 g/mol. The molecule has 0 spiro atoms. The molecule has 0 unspecified atom stereocenters. The highest BCUT2D eigenvalue weighted by Crippen LogP contribution is 2.22. The van der Waals surface area contributed by atoms with Crippen molar-refractivity contribution in [1.82, 2.24) is 0 Å². The summed E-state index contributed by atoms with van der Waals surface area (Å²) in [4.78, 5) is 0. The highest BCUT2D eigenvalue weighted by Gasteiger charge is 2.08. The Balaban J connectivity index is 0. The fourth-order valence-electron chi connectivity index (χ4n) is 1.26. The van der Waals surface area contributed by atoms with Gasteiger partial charge < -0.3 is 0 Å². The minimum Gasteiger partial charge on any atom is -0.0683 e. The third kappa shape index (κ3) is 18.8. The molecule has 0 nitrogen and oxygen atoms in total. The highest BCUT2D eigenvalue weighted by atomic mass is 14.1. The van der Waals surface area contributed by atoms with Gasteiger partial charge in [0, 0.05) is 0 Å². The summed E-state index contributed by atoms with van der Waals surface area (Å²) < 4.78 is 0. The summed E-state index contributed by atoms with van der Waals surface area (Å²) in [7, 11) is 0. The summed E-state index contributed by atoms with van der Waals surface area (Å²) >= 11 is 0. The number of rotatable bonds is 5. The lowest BCUT2D eigenvalue weighted by Crippen LogP contribution is -2.03. The van der Waals surface area contributed by atoms with Crippen LogP contribution in [0.3, 0.4) is 0 Å². The van der Waals surface area contributed by atoms with Crippen LogP contribution in [0.1, 0.15) is 80.1 Å². The lowest BCUT2D eigenvalue weighted by atomic mass is 9.89. The van der Waals surface area contributed by atoms with Crippen molar-refractivity contribution >= 4 is 0 Å². The molecule has 82 valence electrons. The number of hydrogen-bond donors (Lipinski definition) is 0. The van der Waals surface area contributed by atoms with E-state index in [0.717, 1.165) is 0 Å². The van der Waals surface area contributed by atoms with Gasteiger partial charge in [-0.15, -0.1) is 0 Å². The molecular weight excluding hydrogens is 156 g/mol. The van der Waals surface area contributed by atoms with Gasteiger partial charge >= 0.3 is 0 Å². The molecule has 0 heterocycles. The Morgan fingerprint density at radius 1 is 0.769 bits per heavy atom. The summed E-state index contributed by atoms with van der Waals surface area (Å²) in [6.07, 6.45) is 8.46. The van der Waals surface area contributed by atoms with Crippen LogP contribution in [0.4, 0.5) is 0 Å². The maximum absolute atomic E-state index is 2.33. The van der Waals surface area contributed by atoms with Gasteiger partial charge in [-0.1, -0.05) is 73.6 Å². The molecule has 0 N–H and O–H groups in total. The van der Waals surface area contributed by atoms with Crippen molar-refractivity contribution in [3.63, 3.8) is 0 Å². The molecule has 0 heteroatoms. The first kappa shape index (κ1) is 15.5. The van der Waals surface area contributed by atoms with Crippen molar-refractivity contribution in [2.45, 2.75) is 80.1 Å². The van der Waals surface area contributed by atoms with Crippen LogP contribution in [0.2, 0.25) is 0 Å². The van der Waals surface area contributed by atoms with E-state index in [-0.39, 0.29) is 0 Å². The minimum atomic E-state index is 0.548. The Labute approximate surface area is 86.1 Å². The Hall–Kier alpha value is 0. The second-order valence-electron chi connectivity index (χ2n) is 4.72. The van der Waals surface area contributed by atoms with Crippen molar-refractivity contribution in [3.05, 3.63) is 0 Å². The first-order chi connectivity index (χ1) is 6.06. The molecule has 0 saturated carbocycles. The van der Waals surface area contributed by atoms with Crippen LogP contribution in [-0.4, -0.2) is 0 Å². The Morgan fingerprint density at radius 3 is 1.62 bits per heavy atom. The van der Waals surface area contributed by atoms with Crippen LogP contribution in [0.15, 0.2) is 0 Å². The number of hydrogen-bond acceptors (Lipinski definition) is 0. The van der Waals surface area contributed by atoms with Crippen LogP contribution >= 0.6 is 0 Å². The zero-order valence-corrected chi connectivity index (χ0v) is 10.7. The molecule has 0 fully saturated rings. The van der Waals surface area contributed by atoms with Crippen molar-refractivity contribution in [1.29, 1.82) is 0 Å². The molecule has 0 bridgehead atoms. The highest BCUT2D eigenvalue weighted by molar-refractivity contribution is 4.60. The molecule has 0 aromatic heterocycles. The van der Waals surface area contributed by atoms with Crippen molar-refractivity contribution in [3.8, 4) is 0 Å². The van der Waals surface area contributed by atoms with Crippen LogP contribution in [0.5, 0.6) is 0 Å². The van der Waals surface area contributed by atoms with Crippen LogP contribution < -0.4 is 0 Å². The first-order valence-corrected chi connectivity index (χ1v) is 6.06. The van der Waals surface area contributed by atoms with Crippen LogP contribution in [0.25, 0.3) is 0 Å². The third-order valence-corrected chi connectivity index (χ3v) is 2.03. The summed E-state index contributed by atoms with van der Waals surface area (Å²) in [6.45, 7) is 13.2. The molecule has 0 amide bonds. The molecule has 0 aliphatic heterocycles. The summed E-state index contributed by atoms with van der Waals surface area (Å²) in [5.74, 6) is 0. The van der Waals surface area contributed by atoms with Gasteiger partial charge in [0.05, 0.1) is 0 Å². The van der Waals surface area contributed by atoms with E-state index in [1.165, 1.54) is 38.5 Å². The molecule has 0 radical (unpaired) electrons. The fraction of sp³-hybridized carbons (Fsp3) is 1.00. The molecule has 0 saturated heterocycles. The lowest BCUT2D eigenvalue weighted by Gasteiger charge is -2.17. The van der Waals surface area contributed by atoms with E-state index in [2.05, 4.69) is 27.7 Å². The predicted molar refractivity (Wildman–Crippen MR) is 64.2 cm³/mol. The Bertz CT molecular complexity index is 76.5. The van der Waals surface area contributed by atoms with E-state index in [9.17, 15) is 0 Å². The molecule has 0 aliphatic carbocycles. The van der Waals surface area contributed by atoms with Gasteiger partial charge in [-0.05, 0) is 11.8 Å². The van der Waals surface area contributed by atoms with Crippen LogP contribution in [-0.2, 0) is 0 Å². The van der Waals surface area contributed by atoms with E-state index >= 15 is 0 Å². The molecular formula is C13H30. The normalized spacial score (nSPS) is 10.6. The fourth-order valence-corrected chi connectivity index (χ4v) is 1.26. The molecule has 0 rings (SSSR count). The lowest BCUT2D eigenvalue weighted by molar-refractivity contribution is 0.357. The quantitative estimate of drug-likeness (QED) is 0.503. The molecule has 13 heavy (non-hydrogen) atoms. The van der Waals surface area contributed by atoms with Gasteiger partial charge in [0.25, 0.3) is 0 Å². The van der Waals surface area contributed by atoms with Gasteiger partial charge in [-0.2, -0.15) is 0 Å². The van der Waals surface area contributed by atoms with Gasteiger partial charge in [-0.3, -0.25) is 0 Å². The standard InChI is InChI=1S/C11H24.C2H6/c1-5-6-7-8-9-10-11(2,3)4;1-2/h5-10H2,1-4H3;1-2H3. The zero-order valence-electron chi connectivity index (χ0n) is 10.7. The van der Waals surface area contributed by atoms with Crippen LogP contribution in [0, 0.1) is 5.41 Å². The van der Waals surface area contributed by atoms with E-state index in [1.807, 2.05) is 13.8 Å². The SMILES string of the molecule is CC.CCCCCCCC(C)(C)C. The van der Waals surface area contributed by atoms with Crippen molar-refractivity contribution in [2.75, 3.05) is 0 Å². The minimum absolute atomic E-state index is 0.548. The Kier molecular flexibility index (Phi) is 12.0.